The Labute approximate surface area is 196 Å². The standard InChI is InChI=1S/C26H25BrN2O3/c1-4-16-5-7-17(8-6-16)21-15-22-20-14-19(27)10-12-23(20)32-26(29(22)28-21)18-9-11-24(30-2)25(13-18)31-3/h5-14,22,26H,4,15H2,1-3H3/t22-,26-/m1/s1. The van der Waals surface area contributed by atoms with Gasteiger partial charge in [-0.25, -0.2) is 5.01 Å². The van der Waals surface area contributed by atoms with E-state index in [1.54, 1.807) is 14.2 Å². The first-order valence-corrected chi connectivity index (χ1v) is 11.5. The quantitative estimate of drug-likeness (QED) is 0.420. The zero-order chi connectivity index (χ0) is 22.2. The van der Waals surface area contributed by atoms with Crippen LogP contribution >= 0.6 is 15.9 Å². The van der Waals surface area contributed by atoms with Crippen LogP contribution in [0.4, 0.5) is 0 Å². The number of fused-ring (bicyclic) bond motifs is 3. The van der Waals surface area contributed by atoms with Crippen molar-refractivity contribution in [2.75, 3.05) is 14.2 Å². The van der Waals surface area contributed by atoms with Gasteiger partial charge in [-0.2, -0.15) is 5.10 Å². The van der Waals surface area contributed by atoms with Gasteiger partial charge in [-0.15, -0.1) is 0 Å². The fraction of sp³-hybridized carbons (Fsp3) is 0.269. The topological polar surface area (TPSA) is 43.3 Å². The average Bonchev–Trinajstić information content (AvgIpc) is 3.29. The number of methoxy groups -OCH3 is 2. The van der Waals surface area contributed by atoms with Gasteiger partial charge in [0.25, 0.3) is 0 Å². The third-order valence-electron chi connectivity index (χ3n) is 6.14. The zero-order valence-electron chi connectivity index (χ0n) is 18.3. The van der Waals surface area contributed by atoms with E-state index in [9.17, 15) is 0 Å². The van der Waals surface area contributed by atoms with E-state index >= 15 is 0 Å². The normalized spacial score (nSPS) is 19.0. The van der Waals surface area contributed by atoms with Crippen molar-refractivity contribution in [1.29, 1.82) is 0 Å². The first-order chi connectivity index (χ1) is 15.6. The van der Waals surface area contributed by atoms with Crippen LogP contribution in [0.25, 0.3) is 0 Å². The Morgan fingerprint density at radius 1 is 1.00 bits per heavy atom. The first kappa shape index (κ1) is 20.9. The molecule has 2 atom stereocenters. The molecule has 0 spiro atoms. The molecule has 0 N–H and O–H groups in total. The Hall–Kier alpha value is -2.99. The summed E-state index contributed by atoms with van der Waals surface area (Å²) in [6.07, 6.45) is 1.49. The summed E-state index contributed by atoms with van der Waals surface area (Å²) in [6.45, 7) is 2.17. The molecule has 3 aromatic carbocycles. The molecule has 0 radical (unpaired) electrons. The van der Waals surface area contributed by atoms with Crippen molar-refractivity contribution in [3.63, 3.8) is 0 Å². The van der Waals surface area contributed by atoms with Gasteiger partial charge < -0.3 is 14.2 Å². The van der Waals surface area contributed by atoms with E-state index in [2.05, 4.69) is 58.2 Å². The second-order valence-electron chi connectivity index (χ2n) is 7.96. The summed E-state index contributed by atoms with van der Waals surface area (Å²) in [5.74, 6) is 2.24. The fourth-order valence-electron chi connectivity index (χ4n) is 4.39. The van der Waals surface area contributed by atoms with Crippen molar-refractivity contribution in [3.8, 4) is 17.2 Å². The molecule has 2 aliphatic rings. The molecule has 0 bridgehead atoms. The van der Waals surface area contributed by atoms with Gasteiger partial charge in [-0.1, -0.05) is 47.1 Å². The molecule has 5 rings (SSSR count). The zero-order valence-corrected chi connectivity index (χ0v) is 19.9. The second kappa shape index (κ2) is 8.51. The van der Waals surface area contributed by atoms with E-state index in [0.717, 1.165) is 45.5 Å². The Balaban J connectivity index is 1.58. The lowest BCUT2D eigenvalue weighted by atomic mass is 9.95. The fourth-order valence-corrected chi connectivity index (χ4v) is 4.77. The molecule has 6 heteroatoms. The summed E-state index contributed by atoms with van der Waals surface area (Å²) in [5.41, 5.74) is 5.65. The maximum Gasteiger partial charge on any atom is 0.214 e. The molecule has 0 amide bonds. The van der Waals surface area contributed by atoms with Crippen LogP contribution in [0.15, 0.2) is 70.2 Å². The van der Waals surface area contributed by atoms with Crippen LogP contribution in [0.2, 0.25) is 0 Å². The molecule has 0 saturated carbocycles. The van der Waals surface area contributed by atoms with Gasteiger partial charge in [0, 0.05) is 22.0 Å². The van der Waals surface area contributed by atoms with Crippen molar-refractivity contribution < 1.29 is 14.2 Å². The molecule has 0 fully saturated rings. The number of hydrazone groups is 1. The average molecular weight is 493 g/mol. The molecule has 0 saturated heterocycles. The summed E-state index contributed by atoms with van der Waals surface area (Å²) in [7, 11) is 3.28. The van der Waals surface area contributed by atoms with Gasteiger partial charge >= 0.3 is 0 Å². The molecule has 32 heavy (non-hydrogen) atoms. The summed E-state index contributed by atoms with van der Waals surface area (Å²) < 4.78 is 18.5. The number of hydrogen-bond acceptors (Lipinski definition) is 5. The van der Waals surface area contributed by atoms with Gasteiger partial charge in [-0.3, -0.25) is 0 Å². The summed E-state index contributed by atoms with van der Waals surface area (Å²) >= 11 is 3.62. The molecule has 0 unspecified atom stereocenters. The number of halogens is 1. The summed E-state index contributed by atoms with van der Waals surface area (Å²) in [6, 6.07) is 20.9. The minimum Gasteiger partial charge on any atom is -0.493 e. The van der Waals surface area contributed by atoms with Crippen LogP contribution in [0.1, 0.15) is 47.9 Å². The molecule has 0 aromatic heterocycles. The largest absolute Gasteiger partial charge is 0.493 e. The van der Waals surface area contributed by atoms with Crippen molar-refractivity contribution in [1.82, 2.24) is 5.01 Å². The van der Waals surface area contributed by atoms with Gasteiger partial charge in [-0.05, 0) is 53.9 Å². The Morgan fingerprint density at radius 2 is 1.78 bits per heavy atom. The number of ether oxygens (including phenoxy) is 3. The van der Waals surface area contributed by atoms with Crippen LogP contribution in [0.5, 0.6) is 17.2 Å². The van der Waals surface area contributed by atoms with E-state index in [1.807, 2.05) is 30.3 Å². The molecule has 3 aromatic rings. The molecular weight excluding hydrogens is 468 g/mol. The van der Waals surface area contributed by atoms with Gasteiger partial charge in [0.1, 0.15) is 5.75 Å². The van der Waals surface area contributed by atoms with E-state index in [1.165, 1.54) is 5.56 Å². The Morgan fingerprint density at radius 3 is 2.50 bits per heavy atom. The number of hydrogen-bond donors (Lipinski definition) is 0. The lowest BCUT2D eigenvalue weighted by molar-refractivity contribution is -0.0192. The highest BCUT2D eigenvalue weighted by Gasteiger charge is 2.41. The smallest absolute Gasteiger partial charge is 0.214 e. The van der Waals surface area contributed by atoms with Crippen LogP contribution in [-0.4, -0.2) is 24.9 Å². The van der Waals surface area contributed by atoms with Crippen LogP contribution in [-0.2, 0) is 6.42 Å². The van der Waals surface area contributed by atoms with Crippen molar-refractivity contribution >= 4 is 21.6 Å². The lowest BCUT2D eigenvalue weighted by Gasteiger charge is -2.38. The van der Waals surface area contributed by atoms with Crippen molar-refractivity contribution in [2.45, 2.75) is 32.0 Å². The monoisotopic (exact) mass is 492 g/mol. The SMILES string of the molecule is CCc1ccc(C2=NN3[C@H](C2)c2cc(Br)ccc2O[C@@H]3c2ccc(OC)c(OC)c2)cc1. The highest BCUT2D eigenvalue weighted by atomic mass is 79.9. The highest BCUT2D eigenvalue weighted by molar-refractivity contribution is 9.10. The molecular formula is C26H25BrN2O3. The minimum absolute atomic E-state index is 0.0928. The van der Waals surface area contributed by atoms with Gasteiger partial charge in [0.2, 0.25) is 6.23 Å². The maximum absolute atomic E-state index is 6.48. The summed E-state index contributed by atoms with van der Waals surface area (Å²) in [4.78, 5) is 0. The third kappa shape index (κ3) is 3.62. The number of aryl methyl sites for hydroxylation is 1. The van der Waals surface area contributed by atoms with Crippen LogP contribution in [0, 0.1) is 0 Å². The molecule has 2 aliphatic heterocycles. The Kier molecular flexibility index (Phi) is 5.55. The molecule has 2 heterocycles. The van der Waals surface area contributed by atoms with Crippen molar-refractivity contribution in [3.05, 3.63) is 87.4 Å². The molecule has 164 valence electrons. The summed E-state index contributed by atoms with van der Waals surface area (Å²) in [5, 5.41) is 7.14. The number of rotatable bonds is 5. The van der Waals surface area contributed by atoms with Crippen LogP contribution < -0.4 is 14.2 Å². The van der Waals surface area contributed by atoms with E-state index in [0.29, 0.717) is 11.5 Å². The second-order valence-corrected chi connectivity index (χ2v) is 8.88. The first-order valence-electron chi connectivity index (χ1n) is 10.7. The van der Waals surface area contributed by atoms with Crippen LogP contribution in [0.3, 0.4) is 0 Å². The number of benzene rings is 3. The van der Waals surface area contributed by atoms with Gasteiger partial charge in [0.05, 0.1) is 26.0 Å². The van der Waals surface area contributed by atoms with E-state index in [-0.39, 0.29) is 12.3 Å². The minimum atomic E-state index is -0.360. The van der Waals surface area contributed by atoms with Gasteiger partial charge in [0.15, 0.2) is 11.5 Å². The maximum atomic E-state index is 6.48. The molecule has 0 aliphatic carbocycles. The predicted octanol–water partition coefficient (Wildman–Crippen LogP) is 6.27. The van der Waals surface area contributed by atoms with E-state index < -0.39 is 0 Å². The molecule has 5 nitrogen and oxygen atoms in total. The predicted molar refractivity (Wildman–Crippen MR) is 129 cm³/mol. The lowest BCUT2D eigenvalue weighted by Crippen LogP contribution is -2.33. The van der Waals surface area contributed by atoms with E-state index in [4.69, 9.17) is 19.3 Å². The number of nitrogens with zero attached hydrogens (tertiary/aromatic N) is 2. The third-order valence-corrected chi connectivity index (χ3v) is 6.63. The van der Waals surface area contributed by atoms with Crippen molar-refractivity contribution in [2.24, 2.45) is 5.10 Å². The Bertz CT molecular complexity index is 1180. The highest BCUT2D eigenvalue weighted by Crippen LogP contribution is 2.49.